The fraction of sp³-hybridized carbons (Fsp3) is 0.600. The van der Waals surface area contributed by atoms with Gasteiger partial charge in [0.15, 0.2) is 0 Å². The average molecular weight is 270 g/mol. The first-order valence-electron chi connectivity index (χ1n) is 6.46. The lowest BCUT2D eigenvalue weighted by molar-refractivity contribution is -0.0274. The van der Waals surface area contributed by atoms with Crippen LogP contribution in [0.4, 0.5) is 0 Å². The minimum absolute atomic E-state index is 0.0246. The summed E-state index contributed by atoms with van der Waals surface area (Å²) >= 11 is 5.99. The molecule has 0 spiro atoms. The largest absolute Gasteiger partial charge is 0.376 e. The summed E-state index contributed by atoms with van der Waals surface area (Å²) < 4.78 is 5.81. The first kappa shape index (κ1) is 15.5. The van der Waals surface area contributed by atoms with Gasteiger partial charge in [0.2, 0.25) is 0 Å². The molecule has 2 nitrogen and oxygen atoms in total. The third kappa shape index (κ3) is 4.60. The summed E-state index contributed by atoms with van der Waals surface area (Å²) in [5, 5.41) is 0.753. The molecule has 0 aliphatic carbocycles. The first-order valence-corrected chi connectivity index (χ1v) is 6.84. The molecular formula is C15H24ClNO. The van der Waals surface area contributed by atoms with Crippen LogP contribution in [0.15, 0.2) is 24.3 Å². The maximum Gasteiger partial charge on any atom is 0.0777 e. The van der Waals surface area contributed by atoms with Crippen molar-refractivity contribution in [1.29, 1.82) is 0 Å². The monoisotopic (exact) mass is 269 g/mol. The molecular weight excluding hydrogens is 246 g/mol. The van der Waals surface area contributed by atoms with Crippen LogP contribution in [0.1, 0.15) is 33.3 Å². The minimum atomic E-state index is -0.0246. The number of ether oxygens (including phenoxy) is 1. The van der Waals surface area contributed by atoms with Gasteiger partial charge in [-0.1, -0.05) is 44.5 Å². The van der Waals surface area contributed by atoms with Gasteiger partial charge in [-0.15, -0.1) is 0 Å². The van der Waals surface area contributed by atoms with E-state index in [4.69, 9.17) is 22.1 Å². The van der Waals surface area contributed by atoms with Gasteiger partial charge in [-0.2, -0.15) is 0 Å². The Morgan fingerprint density at radius 3 is 2.50 bits per heavy atom. The van der Waals surface area contributed by atoms with E-state index in [0.29, 0.717) is 6.61 Å². The van der Waals surface area contributed by atoms with Gasteiger partial charge in [-0.25, -0.2) is 0 Å². The second-order valence-electron chi connectivity index (χ2n) is 5.74. The number of benzene rings is 1. The van der Waals surface area contributed by atoms with E-state index in [1.165, 1.54) is 0 Å². The predicted octanol–water partition coefficient (Wildman–Crippen LogP) is 3.66. The molecule has 0 aromatic heterocycles. The van der Waals surface area contributed by atoms with Crippen molar-refractivity contribution < 1.29 is 4.74 Å². The van der Waals surface area contributed by atoms with E-state index in [1.807, 2.05) is 25.1 Å². The Labute approximate surface area is 115 Å². The summed E-state index contributed by atoms with van der Waals surface area (Å²) in [4.78, 5) is 0. The van der Waals surface area contributed by atoms with Gasteiger partial charge in [0.1, 0.15) is 0 Å². The van der Waals surface area contributed by atoms with Crippen LogP contribution in [-0.4, -0.2) is 18.8 Å². The van der Waals surface area contributed by atoms with E-state index in [0.717, 1.165) is 17.0 Å². The standard InChI is InChI=1S/C15H24ClNO/c1-5-18-14(15(2,3)4)13(17)10-11-7-6-8-12(16)9-11/h6-9,13-14H,5,10,17H2,1-4H3. The summed E-state index contributed by atoms with van der Waals surface area (Å²) in [6.45, 7) is 9.16. The Hall–Kier alpha value is -0.570. The number of hydrogen-bond donors (Lipinski definition) is 1. The Kier molecular flexibility index (Phi) is 5.64. The molecule has 3 heteroatoms. The SMILES string of the molecule is CCOC(C(N)Cc1cccc(Cl)c1)C(C)(C)C. The zero-order valence-corrected chi connectivity index (χ0v) is 12.5. The summed E-state index contributed by atoms with van der Waals surface area (Å²) in [5.74, 6) is 0. The van der Waals surface area contributed by atoms with Gasteiger partial charge in [-0.3, -0.25) is 0 Å². The van der Waals surface area contributed by atoms with Crippen LogP contribution in [0.2, 0.25) is 5.02 Å². The smallest absolute Gasteiger partial charge is 0.0777 e. The molecule has 0 radical (unpaired) electrons. The predicted molar refractivity (Wildman–Crippen MR) is 78.0 cm³/mol. The Morgan fingerprint density at radius 1 is 1.33 bits per heavy atom. The number of rotatable bonds is 5. The van der Waals surface area contributed by atoms with Crippen molar-refractivity contribution in [2.45, 2.75) is 46.3 Å². The minimum Gasteiger partial charge on any atom is -0.376 e. The Bertz CT molecular complexity index is 373. The highest BCUT2D eigenvalue weighted by molar-refractivity contribution is 6.30. The quantitative estimate of drug-likeness (QED) is 0.885. The normalized spacial score (nSPS) is 15.4. The average Bonchev–Trinajstić information content (AvgIpc) is 2.24. The van der Waals surface area contributed by atoms with Gasteiger partial charge < -0.3 is 10.5 Å². The highest BCUT2D eigenvalue weighted by Gasteiger charge is 2.30. The molecule has 0 fully saturated rings. The lowest BCUT2D eigenvalue weighted by Gasteiger charge is -2.35. The summed E-state index contributed by atoms with van der Waals surface area (Å²) in [7, 11) is 0. The van der Waals surface area contributed by atoms with Crippen LogP contribution in [-0.2, 0) is 11.2 Å². The molecule has 1 aromatic carbocycles. The van der Waals surface area contributed by atoms with Gasteiger partial charge in [0, 0.05) is 17.7 Å². The molecule has 0 saturated carbocycles. The lowest BCUT2D eigenvalue weighted by Crippen LogP contribution is -2.46. The molecule has 2 atom stereocenters. The van der Waals surface area contributed by atoms with Crippen LogP contribution >= 0.6 is 11.6 Å². The number of halogens is 1. The van der Waals surface area contributed by atoms with Crippen molar-refractivity contribution in [3.8, 4) is 0 Å². The van der Waals surface area contributed by atoms with Crippen molar-refractivity contribution in [2.24, 2.45) is 11.1 Å². The molecule has 0 amide bonds. The highest BCUT2D eigenvalue weighted by Crippen LogP contribution is 2.26. The summed E-state index contributed by atoms with van der Waals surface area (Å²) in [5.41, 5.74) is 7.50. The molecule has 0 heterocycles. The van der Waals surface area contributed by atoms with E-state index in [9.17, 15) is 0 Å². The molecule has 0 bridgehead atoms. The first-order chi connectivity index (χ1) is 8.34. The fourth-order valence-corrected chi connectivity index (χ4v) is 2.45. The molecule has 0 aliphatic heterocycles. The molecule has 18 heavy (non-hydrogen) atoms. The second kappa shape index (κ2) is 6.55. The third-order valence-electron chi connectivity index (χ3n) is 2.95. The van der Waals surface area contributed by atoms with Crippen LogP contribution in [0, 0.1) is 5.41 Å². The van der Waals surface area contributed by atoms with Crippen molar-refractivity contribution >= 4 is 11.6 Å². The molecule has 2 N–H and O–H groups in total. The van der Waals surface area contributed by atoms with Crippen LogP contribution in [0.5, 0.6) is 0 Å². The van der Waals surface area contributed by atoms with Crippen LogP contribution in [0.25, 0.3) is 0 Å². The van der Waals surface area contributed by atoms with Crippen LogP contribution < -0.4 is 5.73 Å². The molecule has 0 saturated heterocycles. The Morgan fingerprint density at radius 2 is 2.00 bits per heavy atom. The van der Waals surface area contributed by atoms with Crippen molar-refractivity contribution in [2.75, 3.05) is 6.61 Å². The Balaban J connectivity index is 2.75. The second-order valence-corrected chi connectivity index (χ2v) is 6.18. The molecule has 102 valence electrons. The van der Waals surface area contributed by atoms with Gasteiger partial charge in [-0.05, 0) is 36.5 Å². The van der Waals surface area contributed by atoms with Gasteiger partial charge >= 0.3 is 0 Å². The van der Waals surface area contributed by atoms with Crippen LogP contribution in [0.3, 0.4) is 0 Å². The third-order valence-corrected chi connectivity index (χ3v) is 3.18. The zero-order chi connectivity index (χ0) is 13.8. The summed E-state index contributed by atoms with van der Waals surface area (Å²) in [6, 6.07) is 7.82. The van der Waals surface area contributed by atoms with Gasteiger partial charge in [0.25, 0.3) is 0 Å². The lowest BCUT2D eigenvalue weighted by atomic mass is 9.83. The highest BCUT2D eigenvalue weighted by atomic mass is 35.5. The molecule has 2 unspecified atom stereocenters. The van der Waals surface area contributed by atoms with E-state index in [2.05, 4.69) is 26.8 Å². The van der Waals surface area contributed by atoms with E-state index in [-0.39, 0.29) is 17.6 Å². The molecule has 1 rings (SSSR count). The number of hydrogen-bond acceptors (Lipinski definition) is 2. The zero-order valence-electron chi connectivity index (χ0n) is 11.7. The molecule has 0 aliphatic rings. The topological polar surface area (TPSA) is 35.2 Å². The van der Waals surface area contributed by atoms with Crippen molar-refractivity contribution in [1.82, 2.24) is 0 Å². The van der Waals surface area contributed by atoms with Gasteiger partial charge in [0.05, 0.1) is 6.10 Å². The maximum atomic E-state index is 6.30. The van der Waals surface area contributed by atoms with Crippen molar-refractivity contribution in [3.63, 3.8) is 0 Å². The summed E-state index contributed by atoms with van der Waals surface area (Å²) in [6.07, 6.45) is 0.823. The number of nitrogens with two attached hydrogens (primary N) is 1. The maximum absolute atomic E-state index is 6.30. The molecule has 1 aromatic rings. The van der Waals surface area contributed by atoms with Crippen molar-refractivity contribution in [3.05, 3.63) is 34.9 Å². The van der Waals surface area contributed by atoms with E-state index < -0.39 is 0 Å². The van der Waals surface area contributed by atoms with E-state index in [1.54, 1.807) is 0 Å². The fourth-order valence-electron chi connectivity index (χ4n) is 2.24. The van der Waals surface area contributed by atoms with E-state index >= 15 is 0 Å².